The molecule has 0 radical (unpaired) electrons. The van der Waals surface area contributed by atoms with Gasteiger partial charge in [-0.05, 0) is 52.1 Å². The predicted molar refractivity (Wildman–Crippen MR) is 148 cm³/mol. The summed E-state index contributed by atoms with van der Waals surface area (Å²) in [6.07, 6.45) is 4.11. The SMILES string of the molecule is N#C/C(=C\c1c(OCc2ccc(C(=O)[O-])cc2)ccc2ccccc12)C(=O)NCCc1c[nH]c2ccccc12. The lowest BCUT2D eigenvalue weighted by Gasteiger charge is -2.13. The Bertz CT molecular complexity index is 1740. The molecule has 2 N–H and O–H groups in total. The van der Waals surface area contributed by atoms with Gasteiger partial charge in [0.2, 0.25) is 0 Å². The number of nitrogens with zero attached hydrogens (tertiary/aromatic N) is 1. The summed E-state index contributed by atoms with van der Waals surface area (Å²) in [7, 11) is 0. The second kappa shape index (κ2) is 11.4. The van der Waals surface area contributed by atoms with Gasteiger partial charge in [0, 0.05) is 29.2 Å². The van der Waals surface area contributed by atoms with Gasteiger partial charge in [-0.25, -0.2) is 0 Å². The lowest BCUT2D eigenvalue weighted by Crippen LogP contribution is -2.26. The van der Waals surface area contributed by atoms with Crippen LogP contribution in [0, 0.1) is 11.3 Å². The summed E-state index contributed by atoms with van der Waals surface area (Å²) < 4.78 is 6.08. The zero-order valence-electron chi connectivity index (χ0n) is 20.9. The Balaban J connectivity index is 1.36. The maximum atomic E-state index is 13.0. The van der Waals surface area contributed by atoms with Crippen molar-refractivity contribution in [3.05, 3.63) is 119 Å². The van der Waals surface area contributed by atoms with Gasteiger partial charge in [0.15, 0.2) is 0 Å². The number of rotatable bonds is 9. The number of nitrogens with one attached hydrogen (secondary N) is 2. The Morgan fingerprint density at radius 3 is 2.46 bits per heavy atom. The number of benzene rings is 4. The molecule has 0 spiro atoms. The Hall–Kier alpha value is -5.35. The first kappa shape index (κ1) is 25.3. The number of carbonyl (C=O) groups excluding carboxylic acids is 2. The van der Waals surface area contributed by atoms with Crippen molar-refractivity contribution in [2.45, 2.75) is 13.0 Å². The summed E-state index contributed by atoms with van der Waals surface area (Å²) in [5.74, 6) is -1.21. The zero-order chi connectivity index (χ0) is 27.2. The summed E-state index contributed by atoms with van der Waals surface area (Å²) in [5, 5.41) is 26.6. The number of ether oxygens (including phenoxy) is 1. The van der Waals surface area contributed by atoms with E-state index >= 15 is 0 Å². The normalized spacial score (nSPS) is 11.3. The van der Waals surface area contributed by atoms with Crippen LogP contribution >= 0.6 is 0 Å². The van der Waals surface area contributed by atoms with Crippen molar-refractivity contribution in [2.75, 3.05) is 6.54 Å². The third-order valence-corrected chi connectivity index (χ3v) is 6.52. The molecule has 1 amide bonds. The summed E-state index contributed by atoms with van der Waals surface area (Å²) in [6.45, 7) is 0.547. The molecular weight excluding hydrogens is 490 g/mol. The van der Waals surface area contributed by atoms with Crippen LogP contribution in [0.1, 0.15) is 27.0 Å². The quantitative estimate of drug-likeness (QED) is 0.221. The molecule has 0 atom stereocenters. The molecule has 7 heteroatoms. The van der Waals surface area contributed by atoms with Crippen LogP contribution in [0.3, 0.4) is 0 Å². The second-order valence-electron chi connectivity index (χ2n) is 9.01. The first-order valence-corrected chi connectivity index (χ1v) is 12.4. The largest absolute Gasteiger partial charge is 0.545 e. The van der Waals surface area contributed by atoms with E-state index in [1.807, 2.05) is 66.9 Å². The molecule has 0 aliphatic rings. The molecule has 39 heavy (non-hydrogen) atoms. The number of aromatic carboxylic acids is 1. The number of para-hydroxylation sites is 1. The number of carbonyl (C=O) groups is 2. The number of hydrogen-bond acceptors (Lipinski definition) is 5. The molecule has 1 heterocycles. The highest BCUT2D eigenvalue weighted by molar-refractivity contribution is 6.05. The molecule has 0 unspecified atom stereocenters. The number of hydrogen-bond donors (Lipinski definition) is 2. The van der Waals surface area contributed by atoms with Gasteiger partial charge >= 0.3 is 0 Å². The summed E-state index contributed by atoms with van der Waals surface area (Å²) in [5.41, 5.74) is 3.55. The first-order valence-electron chi connectivity index (χ1n) is 12.4. The van der Waals surface area contributed by atoms with E-state index in [-0.39, 0.29) is 17.7 Å². The molecule has 0 saturated heterocycles. The Morgan fingerprint density at radius 1 is 0.949 bits per heavy atom. The van der Waals surface area contributed by atoms with E-state index in [0.717, 1.165) is 32.8 Å². The standard InChI is InChI=1S/C32H25N3O4/c33-18-25(31(36)34-16-15-24-19-35-29-8-4-3-7-27(24)29)17-28-26-6-2-1-5-22(26)13-14-30(28)39-20-21-9-11-23(12-10-21)32(37)38/h1-14,17,19,35H,15-16,20H2,(H,34,36)(H,37,38)/p-1/b25-17+. The molecule has 5 aromatic rings. The molecule has 0 aliphatic carbocycles. The van der Waals surface area contributed by atoms with Crippen LogP contribution < -0.4 is 15.2 Å². The van der Waals surface area contributed by atoms with Gasteiger partial charge in [0.05, 0.1) is 5.97 Å². The average Bonchev–Trinajstić information content (AvgIpc) is 3.38. The monoisotopic (exact) mass is 514 g/mol. The third-order valence-electron chi connectivity index (χ3n) is 6.52. The summed E-state index contributed by atoms with van der Waals surface area (Å²) >= 11 is 0. The predicted octanol–water partition coefficient (Wildman–Crippen LogP) is 4.53. The van der Waals surface area contributed by atoms with Crippen LogP contribution in [-0.4, -0.2) is 23.4 Å². The number of carboxylic acid groups (broad SMARTS) is 1. The van der Waals surface area contributed by atoms with Gasteiger partial charge < -0.3 is 24.9 Å². The smallest absolute Gasteiger partial charge is 0.261 e. The van der Waals surface area contributed by atoms with Crippen molar-refractivity contribution in [2.24, 2.45) is 0 Å². The third kappa shape index (κ3) is 5.65. The van der Waals surface area contributed by atoms with Crippen molar-refractivity contribution >= 4 is 39.6 Å². The first-order chi connectivity index (χ1) is 19.0. The molecule has 5 rings (SSSR count). The van der Waals surface area contributed by atoms with E-state index in [1.54, 1.807) is 24.3 Å². The highest BCUT2D eigenvalue weighted by atomic mass is 16.5. The molecular formula is C32H24N3O4-. The number of nitriles is 1. The van der Waals surface area contributed by atoms with Crippen LogP contribution in [0.4, 0.5) is 0 Å². The van der Waals surface area contributed by atoms with Gasteiger partial charge in [-0.2, -0.15) is 5.26 Å². The van der Waals surface area contributed by atoms with Crippen LogP contribution in [0.15, 0.2) is 96.7 Å². The average molecular weight is 515 g/mol. The minimum absolute atomic E-state index is 0.0339. The number of carboxylic acids is 1. The fourth-order valence-corrected chi connectivity index (χ4v) is 4.49. The minimum atomic E-state index is -1.24. The maximum Gasteiger partial charge on any atom is 0.261 e. The van der Waals surface area contributed by atoms with Crippen molar-refractivity contribution in [3.63, 3.8) is 0 Å². The van der Waals surface area contributed by atoms with Crippen LogP contribution in [0.2, 0.25) is 0 Å². The van der Waals surface area contributed by atoms with E-state index in [9.17, 15) is 20.0 Å². The highest BCUT2D eigenvalue weighted by Gasteiger charge is 2.14. The fourth-order valence-electron chi connectivity index (χ4n) is 4.49. The van der Waals surface area contributed by atoms with Crippen LogP contribution in [-0.2, 0) is 17.8 Å². The Morgan fingerprint density at radius 2 is 1.69 bits per heavy atom. The topological polar surface area (TPSA) is 118 Å². The lowest BCUT2D eigenvalue weighted by molar-refractivity contribution is -0.255. The van der Waals surface area contributed by atoms with Gasteiger partial charge in [0.25, 0.3) is 5.91 Å². The summed E-state index contributed by atoms with van der Waals surface area (Å²) in [6, 6.07) is 27.6. The van der Waals surface area contributed by atoms with Crippen molar-refractivity contribution in [1.29, 1.82) is 5.26 Å². The Labute approximate surface area is 225 Å². The van der Waals surface area contributed by atoms with Gasteiger partial charge in [0.1, 0.15) is 24.0 Å². The van der Waals surface area contributed by atoms with Crippen molar-refractivity contribution < 1.29 is 19.4 Å². The zero-order valence-corrected chi connectivity index (χ0v) is 20.9. The molecule has 0 bridgehead atoms. The van der Waals surface area contributed by atoms with Crippen molar-refractivity contribution in [3.8, 4) is 11.8 Å². The minimum Gasteiger partial charge on any atom is -0.545 e. The molecule has 192 valence electrons. The molecule has 4 aromatic carbocycles. The number of aromatic amines is 1. The second-order valence-corrected chi connectivity index (χ2v) is 9.01. The molecule has 1 aromatic heterocycles. The number of H-pyrrole nitrogens is 1. The van der Waals surface area contributed by atoms with E-state index < -0.39 is 11.9 Å². The van der Waals surface area contributed by atoms with Gasteiger partial charge in [-0.15, -0.1) is 0 Å². The maximum absolute atomic E-state index is 13.0. The van der Waals surface area contributed by atoms with E-state index in [1.165, 1.54) is 12.1 Å². The van der Waals surface area contributed by atoms with E-state index in [2.05, 4.69) is 10.3 Å². The van der Waals surface area contributed by atoms with E-state index in [4.69, 9.17) is 4.74 Å². The highest BCUT2D eigenvalue weighted by Crippen LogP contribution is 2.31. The fraction of sp³-hybridized carbons (Fsp3) is 0.0938. The molecule has 0 saturated carbocycles. The van der Waals surface area contributed by atoms with Crippen molar-refractivity contribution in [1.82, 2.24) is 10.3 Å². The van der Waals surface area contributed by atoms with Crippen LogP contribution in [0.5, 0.6) is 5.75 Å². The Kier molecular flexibility index (Phi) is 7.37. The molecule has 0 fully saturated rings. The molecule has 7 nitrogen and oxygen atoms in total. The number of amides is 1. The number of aromatic nitrogens is 1. The lowest BCUT2D eigenvalue weighted by atomic mass is 10.0. The summed E-state index contributed by atoms with van der Waals surface area (Å²) in [4.78, 5) is 27.2. The van der Waals surface area contributed by atoms with Crippen LogP contribution in [0.25, 0.3) is 27.8 Å². The molecule has 0 aliphatic heterocycles. The van der Waals surface area contributed by atoms with Gasteiger partial charge in [-0.1, -0.05) is 72.8 Å². The number of fused-ring (bicyclic) bond motifs is 2. The van der Waals surface area contributed by atoms with Gasteiger partial charge in [-0.3, -0.25) is 4.79 Å². The van der Waals surface area contributed by atoms with E-state index in [0.29, 0.717) is 24.3 Å².